The summed E-state index contributed by atoms with van der Waals surface area (Å²) in [5.41, 5.74) is -1.03. The summed E-state index contributed by atoms with van der Waals surface area (Å²) in [5.74, 6) is -1.09. The zero-order valence-corrected chi connectivity index (χ0v) is 7.59. The van der Waals surface area contributed by atoms with Crippen LogP contribution in [-0.4, -0.2) is 27.4 Å². The second-order valence-electron chi connectivity index (χ2n) is 2.54. The summed E-state index contributed by atoms with van der Waals surface area (Å²) in [4.78, 5) is 24.2. The molecule has 0 atom stereocenters. The molecule has 1 aromatic heterocycles. The highest BCUT2D eigenvalue weighted by Gasteiger charge is 2.23. The van der Waals surface area contributed by atoms with Gasteiger partial charge in [-0.05, 0) is 0 Å². The molecule has 0 saturated heterocycles. The highest BCUT2D eigenvalue weighted by Crippen LogP contribution is 2.16. The maximum absolute atomic E-state index is 13.0. The molecule has 1 aromatic rings. The van der Waals surface area contributed by atoms with Crippen LogP contribution in [0, 0.1) is 17.1 Å². The predicted molar refractivity (Wildman–Crippen MR) is 47.4 cm³/mol. The Morgan fingerprint density at radius 2 is 2.00 bits per heavy atom. The lowest BCUT2D eigenvalue weighted by molar-refractivity contribution is 0.184. The smallest absolute Gasteiger partial charge is 0.421 e. The van der Waals surface area contributed by atoms with Gasteiger partial charge in [-0.3, -0.25) is 0 Å². The third-order valence-electron chi connectivity index (χ3n) is 1.57. The predicted octanol–water partition coefficient (Wildman–Crippen LogP) is 1.25. The first-order chi connectivity index (χ1) is 7.47. The van der Waals surface area contributed by atoms with Gasteiger partial charge in [-0.25, -0.2) is 19.0 Å². The minimum Gasteiger partial charge on any atom is -0.464 e. The van der Waals surface area contributed by atoms with E-state index in [9.17, 15) is 14.0 Å². The first-order valence-electron chi connectivity index (χ1n) is 3.79. The van der Waals surface area contributed by atoms with E-state index < -0.39 is 29.4 Å². The summed E-state index contributed by atoms with van der Waals surface area (Å²) in [6, 6.07) is 2.03. The van der Waals surface area contributed by atoms with Gasteiger partial charge in [0, 0.05) is 6.07 Å². The van der Waals surface area contributed by atoms with E-state index in [1.165, 1.54) is 6.07 Å². The normalized spacial score (nSPS) is 9.25. The van der Waals surface area contributed by atoms with Crippen molar-refractivity contribution in [3.05, 3.63) is 23.8 Å². The standard InChI is InChI=1S/C8H4FN3O4/c9-5-1-4(3-11-6(5)2-10)12(7(13)14)8(15)16/h1,3H,(H,13,14)(H,15,16). The number of carboxylic acid groups (broad SMARTS) is 2. The zero-order chi connectivity index (χ0) is 12.3. The van der Waals surface area contributed by atoms with Crippen molar-refractivity contribution in [1.82, 2.24) is 4.98 Å². The number of amides is 2. The number of hydrogen-bond acceptors (Lipinski definition) is 4. The number of imide groups is 1. The van der Waals surface area contributed by atoms with Gasteiger partial charge < -0.3 is 10.2 Å². The van der Waals surface area contributed by atoms with Crippen molar-refractivity contribution in [3.8, 4) is 6.07 Å². The molecule has 0 spiro atoms. The third kappa shape index (κ3) is 2.03. The quantitative estimate of drug-likeness (QED) is 0.743. The van der Waals surface area contributed by atoms with Crippen LogP contribution in [0.4, 0.5) is 19.7 Å². The van der Waals surface area contributed by atoms with Crippen LogP contribution in [0.1, 0.15) is 5.69 Å². The molecule has 0 aliphatic heterocycles. The molecule has 2 amide bonds. The van der Waals surface area contributed by atoms with E-state index in [-0.39, 0.29) is 4.90 Å². The van der Waals surface area contributed by atoms with Crippen LogP contribution in [0.5, 0.6) is 0 Å². The Hall–Kier alpha value is -2.69. The summed E-state index contributed by atoms with van der Waals surface area (Å²) in [7, 11) is 0. The first-order valence-corrected chi connectivity index (χ1v) is 3.79. The number of rotatable bonds is 1. The number of nitriles is 1. The van der Waals surface area contributed by atoms with Crippen molar-refractivity contribution >= 4 is 17.9 Å². The van der Waals surface area contributed by atoms with Gasteiger partial charge >= 0.3 is 12.2 Å². The van der Waals surface area contributed by atoms with Crippen LogP contribution >= 0.6 is 0 Å². The van der Waals surface area contributed by atoms with Gasteiger partial charge in [-0.15, -0.1) is 0 Å². The molecule has 0 fully saturated rings. The molecule has 16 heavy (non-hydrogen) atoms. The number of aromatic nitrogens is 1. The molecule has 0 saturated carbocycles. The van der Waals surface area contributed by atoms with E-state index >= 15 is 0 Å². The topological polar surface area (TPSA) is 115 Å². The Labute approximate surface area is 88.0 Å². The number of nitrogens with zero attached hydrogens (tertiary/aromatic N) is 3. The molecule has 7 nitrogen and oxygen atoms in total. The lowest BCUT2D eigenvalue weighted by Gasteiger charge is -2.12. The van der Waals surface area contributed by atoms with Crippen molar-refractivity contribution in [3.63, 3.8) is 0 Å². The number of pyridine rings is 1. The fourth-order valence-corrected chi connectivity index (χ4v) is 0.935. The Bertz CT molecular complexity index is 483. The molecule has 2 N–H and O–H groups in total. The molecule has 0 bridgehead atoms. The van der Waals surface area contributed by atoms with Gasteiger partial charge in [0.15, 0.2) is 11.5 Å². The first kappa shape index (κ1) is 11.4. The Morgan fingerprint density at radius 1 is 1.44 bits per heavy atom. The van der Waals surface area contributed by atoms with Crippen LogP contribution in [0.3, 0.4) is 0 Å². The van der Waals surface area contributed by atoms with Crippen molar-refractivity contribution in [2.75, 3.05) is 4.90 Å². The molecule has 1 rings (SSSR count). The van der Waals surface area contributed by atoms with E-state index in [4.69, 9.17) is 15.5 Å². The Morgan fingerprint density at radius 3 is 2.38 bits per heavy atom. The molecule has 0 aliphatic rings. The van der Waals surface area contributed by atoms with Crippen LogP contribution in [0.15, 0.2) is 12.3 Å². The average Bonchev–Trinajstić information content (AvgIpc) is 2.16. The van der Waals surface area contributed by atoms with Crippen molar-refractivity contribution in [2.45, 2.75) is 0 Å². The van der Waals surface area contributed by atoms with Crippen LogP contribution in [-0.2, 0) is 0 Å². The maximum atomic E-state index is 13.0. The fourth-order valence-electron chi connectivity index (χ4n) is 0.935. The number of carbonyl (C=O) groups is 2. The van der Waals surface area contributed by atoms with Gasteiger partial charge in [-0.2, -0.15) is 10.2 Å². The van der Waals surface area contributed by atoms with Gasteiger partial charge in [0.1, 0.15) is 6.07 Å². The zero-order valence-electron chi connectivity index (χ0n) is 7.59. The monoisotopic (exact) mass is 225 g/mol. The fraction of sp³-hybridized carbons (Fsp3) is 0. The summed E-state index contributed by atoms with van der Waals surface area (Å²) < 4.78 is 13.0. The Kier molecular flexibility index (Phi) is 3.00. The second-order valence-corrected chi connectivity index (χ2v) is 2.54. The summed E-state index contributed by atoms with van der Waals surface area (Å²) in [6.45, 7) is 0. The highest BCUT2D eigenvalue weighted by molar-refractivity contribution is 6.07. The summed E-state index contributed by atoms with van der Waals surface area (Å²) in [6.07, 6.45) is -2.80. The molecule has 0 aromatic carbocycles. The molecule has 8 heteroatoms. The SMILES string of the molecule is N#Cc1ncc(N(C(=O)O)C(=O)O)cc1F. The number of halogens is 1. The minimum atomic E-state index is -1.79. The third-order valence-corrected chi connectivity index (χ3v) is 1.57. The lowest BCUT2D eigenvalue weighted by Crippen LogP contribution is -2.34. The van der Waals surface area contributed by atoms with Gasteiger partial charge in [-0.1, -0.05) is 0 Å². The van der Waals surface area contributed by atoms with E-state index in [1.54, 1.807) is 0 Å². The Balaban J connectivity index is 3.23. The second kappa shape index (κ2) is 4.22. The molecular formula is C8H4FN3O4. The lowest BCUT2D eigenvalue weighted by atomic mass is 10.3. The van der Waals surface area contributed by atoms with E-state index in [1.807, 2.05) is 0 Å². The van der Waals surface area contributed by atoms with Crippen molar-refractivity contribution < 1.29 is 24.2 Å². The molecule has 0 radical (unpaired) electrons. The van der Waals surface area contributed by atoms with Gasteiger partial charge in [0.25, 0.3) is 0 Å². The maximum Gasteiger partial charge on any atom is 0.421 e. The molecule has 82 valence electrons. The molecule has 1 heterocycles. The molecule has 0 aliphatic carbocycles. The summed E-state index contributed by atoms with van der Waals surface area (Å²) >= 11 is 0. The van der Waals surface area contributed by atoms with E-state index in [0.717, 1.165) is 6.20 Å². The van der Waals surface area contributed by atoms with E-state index in [0.29, 0.717) is 6.07 Å². The summed E-state index contributed by atoms with van der Waals surface area (Å²) in [5, 5.41) is 25.5. The van der Waals surface area contributed by atoms with Crippen LogP contribution in [0.2, 0.25) is 0 Å². The number of hydrogen-bond donors (Lipinski definition) is 2. The minimum absolute atomic E-state index is 0.114. The van der Waals surface area contributed by atoms with Crippen LogP contribution in [0.25, 0.3) is 0 Å². The van der Waals surface area contributed by atoms with Crippen LogP contribution < -0.4 is 4.90 Å². The molecular weight excluding hydrogens is 221 g/mol. The van der Waals surface area contributed by atoms with Gasteiger partial charge in [0.2, 0.25) is 0 Å². The van der Waals surface area contributed by atoms with Crippen molar-refractivity contribution in [2.24, 2.45) is 0 Å². The average molecular weight is 225 g/mol. The van der Waals surface area contributed by atoms with E-state index in [2.05, 4.69) is 4.98 Å². The largest absolute Gasteiger partial charge is 0.464 e. The van der Waals surface area contributed by atoms with Crippen molar-refractivity contribution in [1.29, 1.82) is 5.26 Å². The van der Waals surface area contributed by atoms with Gasteiger partial charge in [0.05, 0.1) is 11.9 Å². The molecule has 0 unspecified atom stereocenters. The number of anilines is 1. The highest BCUT2D eigenvalue weighted by atomic mass is 19.1.